The third kappa shape index (κ3) is 4.06. The summed E-state index contributed by atoms with van der Waals surface area (Å²) >= 11 is 0. The monoisotopic (exact) mass is 226 g/mol. The second-order valence-corrected chi connectivity index (χ2v) is 7.17. The van der Waals surface area contributed by atoms with Gasteiger partial charge in [-0.15, -0.1) is 0 Å². The average Bonchev–Trinajstić information content (AvgIpc) is 2.14. The molecule has 1 aliphatic heterocycles. The highest BCUT2D eigenvalue weighted by molar-refractivity contribution is 4.85. The standard InChI is InChI=1S/C14H30N2/c1-13(2,3)12(15-6)11-16-9-7-14(4,5)8-10-16/h12,15H,7-11H2,1-6H3. The Balaban J connectivity index is 2.43. The van der Waals surface area contributed by atoms with E-state index in [9.17, 15) is 0 Å². The van der Waals surface area contributed by atoms with Crippen molar-refractivity contribution in [3.63, 3.8) is 0 Å². The van der Waals surface area contributed by atoms with Crippen LogP contribution in [-0.4, -0.2) is 37.6 Å². The van der Waals surface area contributed by atoms with Gasteiger partial charge in [0.15, 0.2) is 0 Å². The average molecular weight is 226 g/mol. The van der Waals surface area contributed by atoms with Gasteiger partial charge >= 0.3 is 0 Å². The number of nitrogens with zero attached hydrogens (tertiary/aromatic N) is 1. The highest BCUT2D eigenvalue weighted by atomic mass is 15.2. The van der Waals surface area contributed by atoms with Crippen LogP contribution in [0, 0.1) is 10.8 Å². The van der Waals surface area contributed by atoms with E-state index in [1.54, 1.807) is 0 Å². The van der Waals surface area contributed by atoms with Crippen molar-refractivity contribution in [1.82, 2.24) is 10.2 Å². The van der Waals surface area contributed by atoms with Crippen LogP contribution in [0.4, 0.5) is 0 Å². The van der Waals surface area contributed by atoms with Crippen molar-refractivity contribution in [3.8, 4) is 0 Å². The van der Waals surface area contributed by atoms with E-state index in [4.69, 9.17) is 0 Å². The first-order chi connectivity index (χ1) is 7.24. The van der Waals surface area contributed by atoms with E-state index >= 15 is 0 Å². The lowest BCUT2D eigenvalue weighted by Crippen LogP contribution is -2.49. The smallest absolute Gasteiger partial charge is 0.0240 e. The summed E-state index contributed by atoms with van der Waals surface area (Å²) in [4.78, 5) is 2.62. The quantitative estimate of drug-likeness (QED) is 0.796. The van der Waals surface area contributed by atoms with E-state index in [1.807, 2.05) is 0 Å². The Bertz CT molecular complexity index is 205. The second kappa shape index (κ2) is 5.05. The number of likely N-dealkylation sites (N-methyl/N-ethyl adjacent to an activating group) is 1. The topological polar surface area (TPSA) is 15.3 Å². The molecule has 96 valence electrons. The maximum atomic E-state index is 3.47. The van der Waals surface area contributed by atoms with Crippen LogP contribution in [-0.2, 0) is 0 Å². The summed E-state index contributed by atoms with van der Waals surface area (Å²) in [6.45, 7) is 15.5. The molecule has 1 rings (SSSR count). The van der Waals surface area contributed by atoms with Crippen molar-refractivity contribution < 1.29 is 0 Å². The van der Waals surface area contributed by atoms with Crippen LogP contribution in [0.3, 0.4) is 0 Å². The number of hydrogen-bond acceptors (Lipinski definition) is 2. The molecule has 0 saturated carbocycles. The van der Waals surface area contributed by atoms with Crippen molar-refractivity contribution >= 4 is 0 Å². The fourth-order valence-corrected chi connectivity index (χ4v) is 2.40. The van der Waals surface area contributed by atoms with Crippen molar-refractivity contribution in [3.05, 3.63) is 0 Å². The third-order valence-electron chi connectivity index (χ3n) is 4.04. The first-order valence-electron chi connectivity index (χ1n) is 6.64. The lowest BCUT2D eigenvalue weighted by atomic mass is 9.81. The zero-order chi connectivity index (χ0) is 12.4. The lowest BCUT2D eigenvalue weighted by Gasteiger charge is -2.41. The summed E-state index contributed by atoms with van der Waals surface area (Å²) in [5, 5.41) is 3.47. The minimum absolute atomic E-state index is 0.349. The molecule has 0 aliphatic carbocycles. The number of nitrogens with one attached hydrogen (secondary N) is 1. The Labute approximate surface area is 102 Å². The number of piperidine rings is 1. The van der Waals surface area contributed by atoms with Crippen LogP contribution in [0.1, 0.15) is 47.5 Å². The summed E-state index contributed by atoms with van der Waals surface area (Å²) in [6.07, 6.45) is 2.68. The van der Waals surface area contributed by atoms with E-state index < -0.39 is 0 Å². The number of rotatable bonds is 3. The minimum atomic E-state index is 0.349. The molecule has 16 heavy (non-hydrogen) atoms. The maximum absolute atomic E-state index is 3.47. The minimum Gasteiger partial charge on any atom is -0.315 e. The number of hydrogen-bond donors (Lipinski definition) is 1. The summed E-state index contributed by atoms with van der Waals surface area (Å²) in [6, 6.07) is 0.591. The third-order valence-corrected chi connectivity index (χ3v) is 4.04. The van der Waals surface area contributed by atoms with Crippen LogP contribution >= 0.6 is 0 Å². The summed E-state index contributed by atoms with van der Waals surface area (Å²) in [7, 11) is 2.09. The van der Waals surface area contributed by atoms with Gasteiger partial charge in [0.2, 0.25) is 0 Å². The van der Waals surface area contributed by atoms with Crippen molar-refractivity contribution in [1.29, 1.82) is 0 Å². The highest BCUT2D eigenvalue weighted by Gasteiger charge is 2.29. The molecule has 0 amide bonds. The van der Waals surface area contributed by atoms with E-state index in [0.717, 1.165) is 0 Å². The van der Waals surface area contributed by atoms with Crippen molar-refractivity contribution in [2.24, 2.45) is 10.8 Å². The van der Waals surface area contributed by atoms with E-state index in [1.165, 1.54) is 32.5 Å². The predicted molar refractivity (Wildman–Crippen MR) is 71.8 cm³/mol. The molecule has 0 radical (unpaired) electrons. The normalized spacial score (nSPS) is 24.4. The molecule has 1 aliphatic rings. The van der Waals surface area contributed by atoms with Crippen LogP contribution < -0.4 is 5.32 Å². The summed E-state index contributed by atoms with van der Waals surface area (Å²) < 4.78 is 0. The first kappa shape index (κ1) is 14.0. The molecule has 1 N–H and O–H groups in total. The van der Waals surface area contributed by atoms with Gasteiger partial charge in [0, 0.05) is 12.6 Å². The maximum Gasteiger partial charge on any atom is 0.0240 e. The van der Waals surface area contributed by atoms with Crippen LogP contribution in [0.2, 0.25) is 0 Å². The molecule has 1 atom stereocenters. The molecule has 2 heteroatoms. The van der Waals surface area contributed by atoms with E-state index in [-0.39, 0.29) is 0 Å². The molecule has 2 nitrogen and oxygen atoms in total. The first-order valence-corrected chi connectivity index (χ1v) is 6.64. The Morgan fingerprint density at radius 1 is 1.19 bits per heavy atom. The molecule has 0 aromatic heterocycles. The predicted octanol–water partition coefficient (Wildman–Crippen LogP) is 2.74. The van der Waals surface area contributed by atoms with Gasteiger partial charge < -0.3 is 10.2 Å². The van der Waals surface area contributed by atoms with Gasteiger partial charge in [-0.05, 0) is 43.8 Å². The summed E-state index contributed by atoms with van der Waals surface area (Å²) in [5.74, 6) is 0. The molecule has 0 aromatic rings. The van der Waals surface area contributed by atoms with Gasteiger partial charge in [0.1, 0.15) is 0 Å². The van der Waals surface area contributed by atoms with Crippen LogP contribution in [0.15, 0.2) is 0 Å². The summed E-state index contributed by atoms with van der Waals surface area (Å²) in [5.41, 5.74) is 0.912. The van der Waals surface area contributed by atoms with Gasteiger partial charge in [-0.25, -0.2) is 0 Å². The zero-order valence-electron chi connectivity index (χ0n) is 12.1. The molecule has 1 heterocycles. The molecule has 1 fully saturated rings. The number of likely N-dealkylation sites (tertiary alicyclic amines) is 1. The van der Waals surface area contributed by atoms with E-state index in [2.05, 4.69) is 51.9 Å². The fourth-order valence-electron chi connectivity index (χ4n) is 2.40. The molecular weight excluding hydrogens is 196 g/mol. The second-order valence-electron chi connectivity index (χ2n) is 7.17. The van der Waals surface area contributed by atoms with Gasteiger partial charge in [-0.1, -0.05) is 34.6 Å². The largest absolute Gasteiger partial charge is 0.315 e. The zero-order valence-corrected chi connectivity index (χ0v) is 12.1. The Morgan fingerprint density at radius 3 is 2.06 bits per heavy atom. The van der Waals surface area contributed by atoms with Gasteiger partial charge in [-0.2, -0.15) is 0 Å². The molecule has 1 unspecified atom stereocenters. The van der Waals surface area contributed by atoms with Crippen LogP contribution in [0.5, 0.6) is 0 Å². The van der Waals surface area contributed by atoms with Crippen molar-refractivity contribution in [2.75, 3.05) is 26.7 Å². The molecular formula is C14H30N2. The highest BCUT2D eigenvalue weighted by Crippen LogP contribution is 2.30. The van der Waals surface area contributed by atoms with Gasteiger partial charge in [-0.3, -0.25) is 0 Å². The van der Waals surface area contributed by atoms with Gasteiger partial charge in [0.25, 0.3) is 0 Å². The van der Waals surface area contributed by atoms with Crippen molar-refractivity contribution in [2.45, 2.75) is 53.5 Å². The lowest BCUT2D eigenvalue weighted by molar-refractivity contribution is 0.103. The van der Waals surface area contributed by atoms with E-state index in [0.29, 0.717) is 16.9 Å². The molecule has 0 bridgehead atoms. The van der Waals surface area contributed by atoms with Gasteiger partial charge in [0.05, 0.1) is 0 Å². The molecule has 0 spiro atoms. The molecule has 1 saturated heterocycles. The Kier molecular flexibility index (Phi) is 4.42. The SMILES string of the molecule is CNC(CN1CCC(C)(C)CC1)C(C)(C)C. The Morgan fingerprint density at radius 2 is 1.69 bits per heavy atom. The Hall–Kier alpha value is -0.0800. The molecule has 0 aromatic carbocycles. The fraction of sp³-hybridized carbons (Fsp3) is 1.00. The van der Waals surface area contributed by atoms with Crippen LogP contribution in [0.25, 0.3) is 0 Å².